The normalized spacial score (nSPS) is 15.6. The molecule has 1 atom stereocenters. The van der Waals surface area contributed by atoms with Gasteiger partial charge in [-0.15, -0.1) is 0 Å². The molecule has 0 rings (SSSR count). The van der Waals surface area contributed by atoms with E-state index in [-0.39, 0.29) is 45.6 Å². The predicted octanol–water partition coefficient (Wildman–Crippen LogP) is 9.90. The van der Waals surface area contributed by atoms with Crippen molar-refractivity contribution >= 4 is 0 Å². The van der Waals surface area contributed by atoms with Crippen LogP contribution >= 0.6 is 0 Å². The maximum Gasteiger partial charge on any atom is 0 e. The van der Waals surface area contributed by atoms with Crippen LogP contribution in [0.25, 0.3) is 0 Å². The van der Waals surface area contributed by atoms with Crippen LogP contribution in [0.1, 0.15) is 108 Å². The van der Waals surface area contributed by atoms with Gasteiger partial charge in [-0.05, 0) is 76.5 Å². The largest absolute Gasteiger partial charge is 0.358 e. The molecular formula is C28H51Y-. The van der Waals surface area contributed by atoms with Crippen LogP contribution in [0.15, 0.2) is 46.6 Å². The summed E-state index contributed by atoms with van der Waals surface area (Å²) in [5.74, 6) is 0.550. The van der Waals surface area contributed by atoms with E-state index in [0.717, 1.165) is 25.7 Å². The Bertz CT molecular complexity index is 562. The molecule has 0 amide bonds. The molecule has 1 radical (unpaired) electrons. The maximum absolute atomic E-state index is 2.50. The Balaban J connectivity index is -0.00000338. The quantitative estimate of drug-likeness (QED) is 0.217. The number of rotatable bonds is 10. The molecule has 1 unspecified atom stereocenters. The van der Waals surface area contributed by atoms with Crippen molar-refractivity contribution in [3.05, 3.63) is 54.0 Å². The van der Waals surface area contributed by atoms with Crippen LogP contribution in [-0.2, 0) is 32.7 Å². The molecule has 0 fully saturated rings. The van der Waals surface area contributed by atoms with Crippen LogP contribution in [0.3, 0.4) is 0 Å². The SMILES string of the molecule is CC/C=C(\C)CC/C=C(\C)C(C)(C)C(C)/C=C(\C)CC/C=C(\C)C(C)(C)C.[CH3-].[Y]. The fraction of sp³-hybridized carbons (Fsp3) is 0.679. The van der Waals surface area contributed by atoms with Gasteiger partial charge in [-0.25, -0.2) is 0 Å². The first-order valence-electron chi connectivity index (χ1n) is 11.0. The molecule has 0 bridgehead atoms. The van der Waals surface area contributed by atoms with Gasteiger partial charge in [0.1, 0.15) is 0 Å². The van der Waals surface area contributed by atoms with Crippen molar-refractivity contribution in [2.45, 2.75) is 108 Å². The average molecular weight is 477 g/mol. The summed E-state index contributed by atoms with van der Waals surface area (Å²) in [4.78, 5) is 0. The number of hydrogen-bond acceptors (Lipinski definition) is 0. The Morgan fingerprint density at radius 3 is 1.66 bits per heavy atom. The van der Waals surface area contributed by atoms with Gasteiger partial charge >= 0.3 is 0 Å². The molecular weight excluding hydrogens is 425 g/mol. The Labute approximate surface area is 210 Å². The summed E-state index contributed by atoms with van der Waals surface area (Å²) in [5, 5.41) is 0. The number of allylic oxidation sites excluding steroid dienone is 8. The molecule has 167 valence electrons. The van der Waals surface area contributed by atoms with Crippen molar-refractivity contribution in [3.8, 4) is 0 Å². The minimum absolute atomic E-state index is 0. The summed E-state index contributed by atoms with van der Waals surface area (Å²) in [6.45, 7) is 25.4. The zero-order valence-corrected chi connectivity index (χ0v) is 24.8. The summed E-state index contributed by atoms with van der Waals surface area (Å²) in [7, 11) is 0. The van der Waals surface area contributed by atoms with E-state index in [9.17, 15) is 0 Å². The summed E-state index contributed by atoms with van der Waals surface area (Å²) < 4.78 is 0. The van der Waals surface area contributed by atoms with Crippen LogP contribution < -0.4 is 0 Å². The molecule has 0 saturated heterocycles. The molecule has 0 spiro atoms. The molecule has 0 aliphatic heterocycles. The van der Waals surface area contributed by atoms with Gasteiger partial charge in [0.15, 0.2) is 0 Å². The second kappa shape index (κ2) is 15.8. The molecule has 0 saturated carbocycles. The molecule has 0 aromatic carbocycles. The molecule has 0 aliphatic rings. The van der Waals surface area contributed by atoms with Crippen LogP contribution in [0, 0.1) is 24.2 Å². The van der Waals surface area contributed by atoms with Crippen molar-refractivity contribution in [3.63, 3.8) is 0 Å². The molecule has 0 heterocycles. The van der Waals surface area contributed by atoms with Crippen molar-refractivity contribution < 1.29 is 32.7 Å². The Hall–Kier alpha value is 0.0639. The van der Waals surface area contributed by atoms with Gasteiger partial charge in [0.25, 0.3) is 0 Å². The Morgan fingerprint density at radius 1 is 0.759 bits per heavy atom. The summed E-state index contributed by atoms with van der Waals surface area (Å²) >= 11 is 0. The fourth-order valence-corrected chi connectivity index (χ4v) is 3.13. The molecule has 1 heteroatoms. The molecule has 0 nitrogen and oxygen atoms in total. The minimum atomic E-state index is 0. The topological polar surface area (TPSA) is 0 Å². The maximum atomic E-state index is 2.50. The zero-order chi connectivity index (χ0) is 21.3. The van der Waals surface area contributed by atoms with Crippen LogP contribution in [0.4, 0.5) is 0 Å². The third-order valence-electron chi connectivity index (χ3n) is 6.40. The molecule has 0 aromatic heterocycles. The van der Waals surface area contributed by atoms with Crippen molar-refractivity contribution in [1.29, 1.82) is 0 Å². The van der Waals surface area contributed by atoms with Crippen LogP contribution in [0.2, 0.25) is 0 Å². The van der Waals surface area contributed by atoms with Gasteiger partial charge in [0.05, 0.1) is 0 Å². The third kappa shape index (κ3) is 13.9. The van der Waals surface area contributed by atoms with Gasteiger partial charge < -0.3 is 7.43 Å². The van der Waals surface area contributed by atoms with E-state index in [0.29, 0.717) is 11.3 Å². The smallest absolute Gasteiger partial charge is 0 e. The first kappa shape index (κ1) is 33.7. The molecule has 0 aromatic rings. The average Bonchev–Trinajstić information content (AvgIpc) is 2.53. The van der Waals surface area contributed by atoms with Gasteiger partial charge in [0.2, 0.25) is 0 Å². The third-order valence-corrected chi connectivity index (χ3v) is 6.40. The predicted molar refractivity (Wildman–Crippen MR) is 133 cm³/mol. The van der Waals surface area contributed by atoms with E-state index in [4.69, 9.17) is 0 Å². The zero-order valence-electron chi connectivity index (χ0n) is 22.0. The molecule has 0 N–H and O–H groups in total. The Kier molecular flexibility index (Phi) is 18.4. The minimum Gasteiger partial charge on any atom is -0.358 e. The van der Waals surface area contributed by atoms with E-state index < -0.39 is 0 Å². The summed E-state index contributed by atoms with van der Waals surface area (Å²) in [6.07, 6.45) is 15.5. The summed E-state index contributed by atoms with van der Waals surface area (Å²) in [6, 6.07) is 0. The van der Waals surface area contributed by atoms with Gasteiger partial charge in [0, 0.05) is 32.7 Å². The second-order valence-electron chi connectivity index (χ2n) is 10.1. The van der Waals surface area contributed by atoms with Crippen LogP contribution in [-0.4, -0.2) is 0 Å². The monoisotopic (exact) mass is 476 g/mol. The number of hydrogen-bond donors (Lipinski definition) is 0. The molecule has 29 heavy (non-hydrogen) atoms. The van der Waals surface area contributed by atoms with E-state index in [2.05, 4.69) is 100 Å². The van der Waals surface area contributed by atoms with Crippen molar-refractivity contribution in [1.82, 2.24) is 0 Å². The van der Waals surface area contributed by atoms with Gasteiger partial charge in [-0.2, -0.15) is 0 Å². The first-order chi connectivity index (χ1) is 12.3. The van der Waals surface area contributed by atoms with E-state index >= 15 is 0 Å². The van der Waals surface area contributed by atoms with E-state index in [1.165, 1.54) is 28.7 Å². The van der Waals surface area contributed by atoms with Gasteiger partial charge in [-0.3, -0.25) is 0 Å². The Morgan fingerprint density at radius 2 is 1.21 bits per heavy atom. The van der Waals surface area contributed by atoms with Crippen molar-refractivity contribution in [2.75, 3.05) is 0 Å². The van der Waals surface area contributed by atoms with E-state index in [1.807, 2.05) is 0 Å². The van der Waals surface area contributed by atoms with Crippen LogP contribution in [0.5, 0.6) is 0 Å². The first-order valence-corrected chi connectivity index (χ1v) is 11.0. The molecule has 0 aliphatic carbocycles. The summed E-state index contributed by atoms with van der Waals surface area (Å²) in [5.41, 5.74) is 6.55. The van der Waals surface area contributed by atoms with Gasteiger partial charge in [-0.1, -0.05) is 95.1 Å². The standard InChI is InChI=1S/C27H48.CH3.Y/c1-12-15-21(2)16-13-19-24(5)27(10,11)25(6)20-22(3)17-14-18-23(4)26(7,8)9;;/h15,18-20,25H,12-14,16-17H2,1-11H3;1H3;/q;-1;/b21-15+,22-20+,23-18+,24-19+;;. The van der Waals surface area contributed by atoms with E-state index in [1.54, 1.807) is 0 Å². The van der Waals surface area contributed by atoms with Crippen molar-refractivity contribution in [2.24, 2.45) is 16.7 Å². The fourth-order valence-electron chi connectivity index (χ4n) is 3.13. The second-order valence-corrected chi connectivity index (χ2v) is 10.1.